The van der Waals surface area contributed by atoms with Gasteiger partial charge in [-0.05, 0) is 32.7 Å². The topological polar surface area (TPSA) is 21.3 Å². The van der Waals surface area contributed by atoms with E-state index in [0.29, 0.717) is 12.1 Å². The number of ether oxygens (including phenoxy) is 1. The summed E-state index contributed by atoms with van der Waals surface area (Å²) in [7, 11) is 0. The van der Waals surface area contributed by atoms with Crippen molar-refractivity contribution < 1.29 is 4.74 Å². The largest absolute Gasteiger partial charge is 0.378 e. The van der Waals surface area contributed by atoms with Gasteiger partial charge in [-0.1, -0.05) is 32.6 Å². The van der Waals surface area contributed by atoms with Crippen molar-refractivity contribution in [1.29, 1.82) is 0 Å². The lowest BCUT2D eigenvalue weighted by atomic mass is 10.0. The van der Waals surface area contributed by atoms with Crippen molar-refractivity contribution in [2.75, 3.05) is 13.2 Å². The molecule has 0 saturated carbocycles. The van der Waals surface area contributed by atoms with Crippen molar-refractivity contribution in [2.24, 2.45) is 0 Å². The van der Waals surface area contributed by atoms with Gasteiger partial charge in [0.25, 0.3) is 0 Å². The van der Waals surface area contributed by atoms with Crippen LogP contribution in [0, 0.1) is 0 Å². The van der Waals surface area contributed by atoms with Crippen LogP contribution in [0.1, 0.15) is 58.8 Å². The van der Waals surface area contributed by atoms with E-state index >= 15 is 0 Å². The van der Waals surface area contributed by atoms with Gasteiger partial charge in [-0.3, -0.25) is 0 Å². The normalized spacial score (nSPS) is 26.8. The Morgan fingerprint density at radius 3 is 2.73 bits per heavy atom. The number of nitrogens with one attached hydrogen (secondary N) is 1. The third-order valence-electron chi connectivity index (χ3n) is 3.20. The van der Waals surface area contributed by atoms with E-state index in [9.17, 15) is 0 Å². The molecule has 15 heavy (non-hydrogen) atoms. The smallest absolute Gasteiger partial charge is 0.0561 e. The van der Waals surface area contributed by atoms with Crippen LogP contribution in [-0.4, -0.2) is 25.3 Å². The Kier molecular flexibility index (Phi) is 7.03. The van der Waals surface area contributed by atoms with E-state index in [-0.39, 0.29) is 0 Å². The first kappa shape index (κ1) is 13.0. The van der Waals surface area contributed by atoms with E-state index in [2.05, 4.69) is 19.2 Å². The molecule has 0 amide bonds. The summed E-state index contributed by atoms with van der Waals surface area (Å²) in [5.41, 5.74) is 0. The molecular formula is C13H27NO. The zero-order valence-corrected chi connectivity index (χ0v) is 10.4. The molecule has 0 radical (unpaired) electrons. The average Bonchev–Trinajstić information content (AvgIpc) is 2.23. The Morgan fingerprint density at radius 2 is 2.00 bits per heavy atom. The zero-order valence-electron chi connectivity index (χ0n) is 10.4. The summed E-state index contributed by atoms with van der Waals surface area (Å²) in [4.78, 5) is 0. The molecule has 1 rings (SSSR count). The van der Waals surface area contributed by atoms with E-state index in [1.54, 1.807) is 0 Å². The zero-order chi connectivity index (χ0) is 10.9. The summed E-state index contributed by atoms with van der Waals surface area (Å²) >= 11 is 0. The summed E-state index contributed by atoms with van der Waals surface area (Å²) in [6, 6.07) is 0.708. The fourth-order valence-corrected chi connectivity index (χ4v) is 2.22. The molecule has 90 valence electrons. The van der Waals surface area contributed by atoms with Gasteiger partial charge in [0.15, 0.2) is 0 Å². The van der Waals surface area contributed by atoms with Gasteiger partial charge in [-0.25, -0.2) is 0 Å². The summed E-state index contributed by atoms with van der Waals surface area (Å²) in [6.45, 7) is 6.58. The first-order valence-corrected chi connectivity index (χ1v) is 6.68. The first-order valence-electron chi connectivity index (χ1n) is 6.68. The van der Waals surface area contributed by atoms with Gasteiger partial charge in [0.2, 0.25) is 0 Å². The maximum absolute atomic E-state index is 5.53. The van der Waals surface area contributed by atoms with Gasteiger partial charge in [0, 0.05) is 12.6 Å². The minimum atomic E-state index is 0.455. The van der Waals surface area contributed by atoms with Crippen LogP contribution in [-0.2, 0) is 4.74 Å². The molecule has 1 heterocycles. The third-order valence-corrected chi connectivity index (χ3v) is 3.20. The summed E-state index contributed by atoms with van der Waals surface area (Å²) < 4.78 is 5.53. The Balaban J connectivity index is 1.90. The minimum Gasteiger partial charge on any atom is -0.378 e. The van der Waals surface area contributed by atoms with Crippen LogP contribution >= 0.6 is 0 Å². The van der Waals surface area contributed by atoms with E-state index in [1.807, 2.05) is 0 Å². The molecule has 1 aliphatic rings. The standard InChI is InChI=1S/C13H27NO/c1-3-4-5-6-7-9-14-13-8-10-15-12(2)11-13/h12-14H,3-11H2,1-2H3. The second-order valence-corrected chi connectivity index (χ2v) is 4.77. The van der Waals surface area contributed by atoms with Crippen molar-refractivity contribution in [3.8, 4) is 0 Å². The van der Waals surface area contributed by atoms with Crippen LogP contribution in [0.5, 0.6) is 0 Å². The number of rotatable bonds is 7. The first-order chi connectivity index (χ1) is 7.33. The van der Waals surface area contributed by atoms with Crippen molar-refractivity contribution in [2.45, 2.75) is 70.9 Å². The van der Waals surface area contributed by atoms with Crippen molar-refractivity contribution in [3.05, 3.63) is 0 Å². The van der Waals surface area contributed by atoms with E-state index < -0.39 is 0 Å². The average molecular weight is 213 g/mol. The van der Waals surface area contributed by atoms with Gasteiger partial charge in [-0.2, -0.15) is 0 Å². The minimum absolute atomic E-state index is 0.455. The third kappa shape index (κ3) is 6.16. The molecule has 2 nitrogen and oxygen atoms in total. The molecule has 0 aromatic rings. The Labute approximate surface area is 94.8 Å². The van der Waals surface area contributed by atoms with Gasteiger partial charge in [-0.15, -0.1) is 0 Å². The number of unbranched alkanes of at least 4 members (excludes halogenated alkanes) is 4. The molecular weight excluding hydrogens is 186 g/mol. The van der Waals surface area contributed by atoms with Crippen LogP contribution < -0.4 is 5.32 Å². The highest BCUT2D eigenvalue weighted by Gasteiger charge is 2.17. The quantitative estimate of drug-likeness (QED) is 0.656. The lowest BCUT2D eigenvalue weighted by Crippen LogP contribution is -2.38. The van der Waals surface area contributed by atoms with Crippen LogP contribution in [0.4, 0.5) is 0 Å². The molecule has 0 bridgehead atoms. The lowest BCUT2D eigenvalue weighted by Gasteiger charge is -2.28. The molecule has 0 aromatic carbocycles. The van der Waals surface area contributed by atoms with E-state index in [1.165, 1.54) is 51.5 Å². The summed E-state index contributed by atoms with van der Waals surface area (Å²) in [5, 5.41) is 3.65. The Hall–Kier alpha value is -0.0800. The van der Waals surface area contributed by atoms with Crippen LogP contribution in [0.15, 0.2) is 0 Å². The molecule has 2 unspecified atom stereocenters. The predicted molar refractivity (Wildman–Crippen MR) is 65.2 cm³/mol. The number of hydrogen-bond acceptors (Lipinski definition) is 2. The van der Waals surface area contributed by atoms with Gasteiger partial charge < -0.3 is 10.1 Å². The summed E-state index contributed by atoms with van der Waals surface area (Å²) in [6.07, 6.45) is 9.71. The monoisotopic (exact) mass is 213 g/mol. The molecule has 1 N–H and O–H groups in total. The predicted octanol–water partition coefficient (Wildman–Crippen LogP) is 3.11. The van der Waals surface area contributed by atoms with Gasteiger partial charge in [0.05, 0.1) is 6.10 Å². The molecule has 0 aromatic heterocycles. The highest BCUT2D eigenvalue weighted by Crippen LogP contribution is 2.13. The van der Waals surface area contributed by atoms with E-state index in [4.69, 9.17) is 4.74 Å². The second kappa shape index (κ2) is 8.12. The fraction of sp³-hybridized carbons (Fsp3) is 1.00. The maximum Gasteiger partial charge on any atom is 0.0561 e. The Morgan fingerprint density at radius 1 is 1.20 bits per heavy atom. The molecule has 1 fully saturated rings. The highest BCUT2D eigenvalue weighted by molar-refractivity contribution is 4.74. The Bertz CT molecular complexity index is 149. The van der Waals surface area contributed by atoms with Crippen molar-refractivity contribution in [3.63, 3.8) is 0 Å². The molecule has 1 saturated heterocycles. The van der Waals surface area contributed by atoms with Crippen molar-refractivity contribution >= 4 is 0 Å². The SMILES string of the molecule is CCCCCCCNC1CCOC(C)C1. The van der Waals surface area contributed by atoms with Gasteiger partial charge in [0.1, 0.15) is 0 Å². The molecule has 2 atom stereocenters. The van der Waals surface area contributed by atoms with Gasteiger partial charge >= 0.3 is 0 Å². The molecule has 1 aliphatic heterocycles. The summed E-state index contributed by atoms with van der Waals surface area (Å²) in [5.74, 6) is 0. The van der Waals surface area contributed by atoms with E-state index in [0.717, 1.165) is 6.61 Å². The van der Waals surface area contributed by atoms with Crippen LogP contribution in [0.3, 0.4) is 0 Å². The van der Waals surface area contributed by atoms with Crippen LogP contribution in [0.25, 0.3) is 0 Å². The van der Waals surface area contributed by atoms with Crippen LogP contribution in [0.2, 0.25) is 0 Å². The number of hydrogen-bond donors (Lipinski definition) is 1. The lowest BCUT2D eigenvalue weighted by molar-refractivity contribution is 0.0134. The fourth-order valence-electron chi connectivity index (χ4n) is 2.22. The molecule has 0 aliphatic carbocycles. The van der Waals surface area contributed by atoms with Crippen molar-refractivity contribution in [1.82, 2.24) is 5.32 Å². The molecule has 0 spiro atoms. The molecule has 2 heteroatoms. The second-order valence-electron chi connectivity index (χ2n) is 4.77. The maximum atomic E-state index is 5.53. The highest BCUT2D eigenvalue weighted by atomic mass is 16.5.